The van der Waals surface area contributed by atoms with E-state index in [1.165, 1.54) is 30.5 Å². The van der Waals surface area contributed by atoms with Gasteiger partial charge in [-0.1, -0.05) is 12.5 Å². The van der Waals surface area contributed by atoms with E-state index < -0.39 is 0 Å². The van der Waals surface area contributed by atoms with Gasteiger partial charge in [-0.05, 0) is 37.4 Å². The molecule has 100 valence electrons. The molecular weight excluding hydrogens is 236 g/mol. The summed E-state index contributed by atoms with van der Waals surface area (Å²) in [6.45, 7) is 2.09. The maximum absolute atomic E-state index is 4.32. The Kier molecular flexibility index (Phi) is 3.89. The highest BCUT2D eigenvalue weighted by molar-refractivity contribution is 5.10. The van der Waals surface area contributed by atoms with Gasteiger partial charge in [-0.15, -0.1) is 0 Å². The van der Waals surface area contributed by atoms with Crippen LogP contribution in [0.4, 0.5) is 0 Å². The van der Waals surface area contributed by atoms with Crippen LogP contribution >= 0.6 is 0 Å². The fourth-order valence-electron chi connectivity index (χ4n) is 2.71. The van der Waals surface area contributed by atoms with Crippen molar-refractivity contribution in [2.45, 2.75) is 38.3 Å². The van der Waals surface area contributed by atoms with E-state index in [1.54, 1.807) is 0 Å². The Balaban J connectivity index is 1.66. The molecule has 1 fully saturated rings. The molecule has 4 heteroatoms. The zero-order valence-electron chi connectivity index (χ0n) is 11.1. The summed E-state index contributed by atoms with van der Waals surface area (Å²) in [7, 11) is 0. The van der Waals surface area contributed by atoms with Crippen LogP contribution in [0.15, 0.2) is 37.1 Å². The third-order valence-electron chi connectivity index (χ3n) is 3.78. The number of aromatic nitrogens is 3. The van der Waals surface area contributed by atoms with Crippen LogP contribution in [0.25, 0.3) is 0 Å². The van der Waals surface area contributed by atoms with E-state index in [4.69, 9.17) is 0 Å². The molecule has 0 aliphatic carbocycles. The van der Waals surface area contributed by atoms with Gasteiger partial charge in [-0.2, -0.15) is 0 Å². The first-order chi connectivity index (χ1) is 9.43. The lowest BCUT2D eigenvalue weighted by atomic mass is 10.0. The van der Waals surface area contributed by atoms with Gasteiger partial charge in [0.25, 0.3) is 0 Å². The van der Waals surface area contributed by atoms with E-state index >= 15 is 0 Å². The molecule has 2 aromatic heterocycles. The monoisotopic (exact) mass is 256 g/mol. The van der Waals surface area contributed by atoms with E-state index in [2.05, 4.69) is 25.9 Å². The predicted molar refractivity (Wildman–Crippen MR) is 74.8 cm³/mol. The van der Waals surface area contributed by atoms with Crippen LogP contribution in [0, 0.1) is 0 Å². The average molecular weight is 256 g/mol. The standard InChI is InChI=1S/C15H20N4/c1-2-8-18-14(5-1)15-11-17-12-19(15)9-6-13-4-3-7-16-10-13/h3-4,7,10-12,14,18H,1-2,5-6,8-9H2. The lowest BCUT2D eigenvalue weighted by Gasteiger charge is -2.24. The molecule has 19 heavy (non-hydrogen) atoms. The molecule has 1 atom stereocenters. The number of imidazole rings is 1. The summed E-state index contributed by atoms with van der Waals surface area (Å²) in [6, 6.07) is 4.60. The van der Waals surface area contributed by atoms with Crippen molar-refractivity contribution in [2.75, 3.05) is 6.54 Å². The molecular formula is C15H20N4. The molecule has 4 nitrogen and oxygen atoms in total. The van der Waals surface area contributed by atoms with Gasteiger partial charge in [0.05, 0.1) is 12.0 Å². The zero-order chi connectivity index (χ0) is 12.9. The van der Waals surface area contributed by atoms with Crippen LogP contribution in [0.2, 0.25) is 0 Å². The van der Waals surface area contributed by atoms with Gasteiger partial charge in [-0.3, -0.25) is 4.98 Å². The Morgan fingerprint density at radius 3 is 3.05 bits per heavy atom. The third-order valence-corrected chi connectivity index (χ3v) is 3.78. The fraction of sp³-hybridized carbons (Fsp3) is 0.467. The van der Waals surface area contributed by atoms with Crippen LogP contribution in [0.1, 0.15) is 36.6 Å². The summed E-state index contributed by atoms with van der Waals surface area (Å²) in [5.74, 6) is 0. The lowest BCUT2D eigenvalue weighted by molar-refractivity contribution is 0.393. The molecule has 3 heterocycles. The summed E-state index contributed by atoms with van der Waals surface area (Å²) in [5.41, 5.74) is 2.60. The van der Waals surface area contributed by atoms with Crippen molar-refractivity contribution in [3.8, 4) is 0 Å². The molecule has 0 radical (unpaired) electrons. The number of nitrogens with zero attached hydrogens (tertiary/aromatic N) is 3. The number of pyridine rings is 1. The van der Waals surface area contributed by atoms with E-state index in [-0.39, 0.29) is 0 Å². The average Bonchev–Trinajstić information content (AvgIpc) is 2.95. The highest BCUT2D eigenvalue weighted by Crippen LogP contribution is 2.22. The van der Waals surface area contributed by atoms with Gasteiger partial charge in [0.15, 0.2) is 0 Å². The lowest BCUT2D eigenvalue weighted by Crippen LogP contribution is -2.28. The molecule has 1 aliphatic heterocycles. The van der Waals surface area contributed by atoms with Crippen molar-refractivity contribution in [1.29, 1.82) is 0 Å². The zero-order valence-corrected chi connectivity index (χ0v) is 11.1. The number of nitrogens with one attached hydrogen (secondary N) is 1. The first-order valence-corrected chi connectivity index (χ1v) is 7.06. The van der Waals surface area contributed by atoms with Crippen LogP contribution in [0.5, 0.6) is 0 Å². The third kappa shape index (κ3) is 3.01. The van der Waals surface area contributed by atoms with E-state index in [9.17, 15) is 0 Å². The molecule has 2 aromatic rings. The van der Waals surface area contributed by atoms with Crippen LogP contribution in [0.3, 0.4) is 0 Å². The van der Waals surface area contributed by atoms with Gasteiger partial charge in [0.1, 0.15) is 0 Å². The Morgan fingerprint density at radius 2 is 2.26 bits per heavy atom. The smallest absolute Gasteiger partial charge is 0.0948 e. The van der Waals surface area contributed by atoms with Crippen molar-refractivity contribution in [2.24, 2.45) is 0 Å². The second kappa shape index (κ2) is 5.97. The molecule has 1 saturated heterocycles. The topological polar surface area (TPSA) is 42.7 Å². The molecule has 0 spiro atoms. The fourth-order valence-corrected chi connectivity index (χ4v) is 2.71. The number of hydrogen-bond acceptors (Lipinski definition) is 3. The second-order valence-electron chi connectivity index (χ2n) is 5.13. The summed E-state index contributed by atoms with van der Waals surface area (Å²) in [5, 5.41) is 3.59. The molecule has 1 aliphatic rings. The summed E-state index contributed by atoms with van der Waals surface area (Å²) in [4.78, 5) is 8.48. The van der Waals surface area contributed by atoms with Crippen LogP contribution in [-0.4, -0.2) is 21.1 Å². The molecule has 1 unspecified atom stereocenters. The second-order valence-corrected chi connectivity index (χ2v) is 5.13. The minimum absolute atomic E-state index is 0.477. The van der Waals surface area contributed by atoms with Crippen molar-refractivity contribution >= 4 is 0 Å². The van der Waals surface area contributed by atoms with E-state index in [0.717, 1.165) is 19.5 Å². The van der Waals surface area contributed by atoms with Crippen molar-refractivity contribution in [3.05, 3.63) is 48.3 Å². The Hall–Kier alpha value is -1.68. The van der Waals surface area contributed by atoms with E-state index in [1.807, 2.05) is 31.0 Å². The largest absolute Gasteiger partial charge is 0.333 e. The number of hydrogen-bond donors (Lipinski definition) is 1. The molecule has 0 amide bonds. The van der Waals surface area contributed by atoms with Gasteiger partial charge >= 0.3 is 0 Å². The molecule has 0 bridgehead atoms. The highest BCUT2D eigenvalue weighted by Gasteiger charge is 2.18. The van der Waals surface area contributed by atoms with Crippen LogP contribution < -0.4 is 5.32 Å². The minimum atomic E-state index is 0.477. The SMILES string of the molecule is c1cncc(CCn2cncc2C2CCCCN2)c1. The molecule has 0 aromatic carbocycles. The summed E-state index contributed by atoms with van der Waals surface area (Å²) < 4.78 is 2.27. The maximum Gasteiger partial charge on any atom is 0.0948 e. The minimum Gasteiger partial charge on any atom is -0.333 e. The first-order valence-electron chi connectivity index (χ1n) is 7.06. The van der Waals surface area contributed by atoms with Crippen LogP contribution in [-0.2, 0) is 13.0 Å². The Bertz CT molecular complexity index is 500. The number of rotatable bonds is 4. The number of piperidine rings is 1. The van der Waals surface area contributed by atoms with E-state index in [0.29, 0.717) is 6.04 Å². The van der Waals surface area contributed by atoms with Gasteiger partial charge < -0.3 is 9.88 Å². The normalized spacial score (nSPS) is 19.5. The molecule has 0 saturated carbocycles. The maximum atomic E-state index is 4.32. The van der Waals surface area contributed by atoms with Gasteiger partial charge in [-0.25, -0.2) is 4.98 Å². The summed E-state index contributed by atoms with van der Waals surface area (Å²) >= 11 is 0. The first kappa shape index (κ1) is 12.4. The summed E-state index contributed by atoms with van der Waals surface area (Å²) in [6.07, 6.45) is 12.5. The van der Waals surface area contributed by atoms with Crippen molar-refractivity contribution in [3.63, 3.8) is 0 Å². The Labute approximate surface area is 113 Å². The molecule has 1 N–H and O–H groups in total. The molecule has 3 rings (SSSR count). The van der Waals surface area contributed by atoms with Crippen molar-refractivity contribution in [1.82, 2.24) is 19.9 Å². The van der Waals surface area contributed by atoms with Gasteiger partial charge in [0.2, 0.25) is 0 Å². The quantitative estimate of drug-likeness (QED) is 0.913. The Morgan fingerprint density at radius 1 is 1.26 bits per heavy atom. The highest BCUT2D eigenvalue weighted by atomic mass is 15.1. The number of aryl methyl sites for hydroxylation is 2. The van der Waals surface area contributed by atoms with Gasteiger partial charge in [0, 0.05) is 31.2 Å². The van der Waals surface area contributed by atoms with Crippen molar-refractivity contribution < 1.29 is 0 Å². The predicted octanol–water partition coefficient (Wildman–Crippen LogP) is 2.34.